The second kappa shape index (κ2) is 47.3. The number of carbonyl (C=O) groups is 16. The van der Waals surface area contributed by atoms with Crippen LogP contribution < -0.4 is 85.9 Å². The van der Waals surface area contributed by atoms with Gasteiger partial charge in [0, 0.05) is 38.8 Å². The molecule has 0 saturated heterocycles. The number of rotatable bonds is 47. The highest BCUT2D eigenvalue weighted by atomic mass is 16.4. The molecule has 0 saturated carbocycles. The number of carbonyl (C=O) groups excluding carboxylic acids is 14. The smallest absolute Gasteiger partial charge is 0.303 e. The molecule has 0 bridgehead atoms. The Balaban J connectivity index is 1.30. The Morgan fingerprint density at radius 3 is 0.868 bits per heavy atom. The quantitative estimate of drug-likeness (QED) is 0.0207. The number of aliphatic carboxylic acids is 2. The summed E-state index contributed by atoms with van der Waals surface area (Å²) >= 11 is 0. The van der Waals surface area contributed by atoms with Crippen molar-refractivity contribution in [1.82, 2.24) is 74.4 Å². The van der Waals surface area contributed by atoms with E-state index in [9.17, 15) is 97.1 Å². The maximum atomic E-state index is 14.2. The first kappa shape index (κ1) is 94.3. The molecule has 0 radical (unpaired) electrons. The number of phenols is 2. The van der Waals surface area contributed by atoms with Crippen LogP contribution in [0.3, 0.4) is 0 Å². The molecule has 22 N–H and O–H groups in total. The summed E-state index contributed by atoms with van der Waals surface area (Å²) in [6, 6.07) is 12.8. The van der Waals surface area contributed by atoms with Crippen molar-refractivity contribution in [2.24, 2.45) is 35.1 Å². The highest BCUT2D eigenvalue weighted by molar-refractivity contribution is 6.00. The van der Waals surface area contributed by atoms with Crippen LogP contribution in [-0.2, 0) is 102 Å². The van der Waals surface area contributed by atoms with Crippen molar-refractivity contribution < 1.29 is 97.1 Å². The van der Waals surface area contributed by atoms with Crippen LogP contribution in [0.4, 0.5) is 0 Å². The molecule has 14 amide bonds. The Bertz CT molecular complexity index is 3690. The van der Waals surface area contributed by atoms with Crippen molar-refractivity contribution in [1.29, 1.82) is 0 Å². The fourth-order valence-electron chi connectivity index (χ4n) is 11.3. The summed E-state index contributed by atoms with van der Waals surface area (Å²) in [7, 11) is 0. The predicted octanol–water partition coefficient (Wildman–Crippen LogP) is -2.27. The lowest BCUT2D eigenvalue weighted by molar-refractivity contribution is -0.139. The van der Waals surface area contributed by atoms with Crippen molar-refractivity contribution in [3.8, 4) is 11.5 Å². The molecule has 0 spiro atoms. The third kappa shape index (κ3) is 33.5. The molecule has 0 aromatic heterocycles. The van der Waals surface area contributed by atoms with Crippen LogP contribution in [0.1, 0.15) is 117 Å². The Kier molecular flexibility index (Phi) is 39.1. The Labute approximate surface area is 660 Å². The SMILES string of the molecule is CC(C)[C@H](NC(=O)[C@H](CCC(=O)O)NC(=O)[C@H](Cc1ccccc1)NC(=O)[C@@H](C)NC(=O)[C@@H](N)Cc1ccc(O)cc1)C(=O)N[C@H](C(=O)NCC(=O)NCCNC(=O)CNC(=O)[C@@H](NC(=O)[C@@H](NC(=O)[C@H](CCC(=O)O)NC(=O)[C@H](Cc1ccccc1)NC(=O)[C@@H](C)NC(=O)[C@@H](N)Cc1ccc(O)cc1)C(C)C)C(C)C)C(C)C. The van der Waals surface area contributed by atoms with E-state index in [0.717, 1.165) is 0 Å². The third-order valence-corrected chi connectivity index (χ3v) is 18.0. The van der Waals surface area contributed by atoms with E-state index in [-0.39, 0.29) is 50.3 Å². The zero-order valence-electron chi connectivity index (χ0n) is 65.6. The second-order valence-corrected chi connectivity index (χ2v) is 29.0. The van der Waals surface area contributed by atoms with Gasteiger partial charge in [-0.3, -0.25) is 76.7 Å². The molecule has 114 heavy (non-hydrogen) atoms. The van der Waals surface area contributed by atoms with Gasteiger partial charge in [-0.2, -0.15) is 0 Å². The minimum absolute atomic E-state index is 0.0122. The Morgan fingerprint density at radius 2 is 0.570 bits per heavy atom. The normalized spacial score (nSPS) is 14.3. The number of amides is 14. The van der Waals surface area contributed by atoms with Gasteiger partial charge in [-0.25, -0.2) is 0 Å². The molecule has 0 aliphatic rings. The summed E-state index contributed by atoms with van der Waals surface area (Å²) < 4.78 is 0. The van der Waals surface area contributed by atoms with Crippen LogP contribution in [0.5, 0.6) is 11.5 Å². The molecule has 0 aliphatic carbocycles. The number of benzene rings is 4. The van der Waals surface area contributed by atoms with Gasteiger partial charge < -0.3 is 106 Å². The monoisotopic (exact) mass is 1590 g/mol. The van der Waals surface area contributed by atoms with Crippen LogP contribution in [-0.4, -0.2) is 214 Å². The number of carboxylic acids is 2. The van der Waals surface area contributed by atoms with E-state index >= 15 is 0 Å². The minimum atomic E-state index is -1.60. The van der Waals surface area contributed by atoms with Gasteiger partial charge >= 0.3 is 11.9 Å². The van der Waals surface area contributed by atoms with Gasteiger partial charge in [0.2, 0.25) is 82.7 Å². The van der Waals surface area contributed by atoms with Gasteiger partial charge in [-0.15, -0.1) is 0 Å². The molecule has 36 nitrogen and oxygen atoms in total. The van der Waals surface area contributed by atoms with E-state index in [4.69, 9.17) is 11.5 Å². The van der Waals surface area contributed by atoms with Gasteiger partial charge in [-0.05, 0) is 110 Å². The summed E-state index contributed by atoms with van der Waals surface area (Å²) in [6.07, 6.45) is -2.34. The van der Waals surface area contributed by atoms with E-state index in [0.29, 0.717) is 22.3 Å². The Hall–Kier alpha value is -12.1. The van der Waals surface area contributed by atoms with Crippen LogP contribution in [0, 0.1) is 23.7 Å². The van der Waals surface area contributed by atoms with E-state index in [1.165, 1.54) is 38.1 Å². The number of nitrogens with two attached hydrogens (primary N) is 2. The van der Waals surface area contributed by atoms with Crippen molar-refractivity contribution >= 4 is 94.6 Å². The van der Waals surface area contributed by atoms with Crippen LogP contribution in [0.15, 0.2) is 109 Å². The maximum absolute atomic E-state index is 14.2. The second-order valence-electron chi connectivity index (χ2n) is 29.0. The molecule has 4 aromatic rings. The van der Waals surface area contributed by atoms with Gasteiger partial charge in [0.15, 0.2) is 0 Å². The summed E-state index contributed by atoms with van der Waals surface area (Å²) in [5.74, 6) is -16.9. The van der Waals surface area contributed by atoms with Gasteiger partial charge in [0.25, 0.3) is 0 Å². The first-order valence-electron chi connectivity index (χ1n) is 37.4. The summed E-state index contributed by atoms with van der Waals surface area (Å²) in [5, 5.41) is 74.0. The molecule has 0 heterocycles. The fraction of sp³-hybridized carbons (Fsp3) is 0.487. The third-order valence-electron chi connectivity index (χ3n) is 18.0. The number of hydrogen-bond acceptors (Lipinski definition) is 20. The summed E-state index contributed by atoms with van der Waals surface area (Å²) in [6.45, 7) is 13.8. The average Bonchev–Trinajstić information content (AvgIpc) is 0.851. The molecule has 0 aliphatic heterocycles. The molecule has 0 unspecified atom stereocenters. The molecule has 36 heteroatoms. The van der Waals surface area contributed by atoms with E-state index < -0.39 is 230 Å². The van der Waals surface area contributed by atoms with Crippen molar-refractivity contribution in [3.63, 3.8) is 0 Å². The summed E-state index contributed by atoms with van der Waals surface area (Å²) in [5.41, 5.74) is 14.7. The van der Waals surface area contributed by atoms with Gasteiger partial charge in [-0.1, -0.05) is 140 Å². The molecular weight excluding hydrogens is 1480 g/mol. The molecule has 4 aromatic carbocycles. The zero-order valence-corrected chi connectivity index (χ0v) is 65.6. The van der Waals surface area contributed by atoms with Gasteiger partial charge in [0.1, 0.15) is 71.9 Å². The van der Waals surface area contributed by atoms with Crippen LogP contribution >= 0.6 is 0 Å². The standard InChI is InChI=1S/C78H110N16O20/c1-41(2)63(93-77(113)65(43(5)6)91-71(107)55(29-31-61(99)100)87-73(109)57(37-47-17-13-11-14-18-47)89-67(103)45(9)85-69(105)53(79)35-49-21-25-51(95)26-22-49)75(111)83-39-59(97)81-33-34-82-60(98)40-84-76(112)64(42(3)4)94-78(114)66(44(7)8)92-72(108)56(30-32-62(101)102)88-74(110)58(38-48-19-15-12-16-20-48)90-68(104)46(10)86-70(106)54(80)36-50-23-27-52(96)28-24-50/h11-28,41-46,53-58,63-66,95-96H,29-40,79-80H2,1-10H3,(H,81,97)(H,82,98)(H,83,111)(H,84,112)(H,85,105)(H,86,106)(H,87,109)(H,88,110)(H,89,103)(H,90,104)(H,91,107)(H,92,108)(H,93,113)(H,94,114)(H,99,100)(H,101,102)/t45-,46-,53+,54+,55+,56+,57+,58+,63+,64+,65+,66+/m1/s1. The van der Waals surface area contributed by atoms with E-state index in [1.54, 1.807) is 140 Å². The average molecular weight is 1590 g/mol. The predicted molar refractivity (Wildman–Crippen MR) is 416 cm³/mol. The molecular formula is C78H110N16O20. The number of phenolic OH excluding ortho intramolecular Hbond substituents is 2. The highest BCUT2D eigenvalue weighted by Crippen LogP contribution is 2.16. The first-order chi connectivity index (χ1) is 53.7. The highest BCUT2D eigenvalue weighted by Gasteiger charge is 2.38. The minimum Gasteiger partial charge on any atom is -0.508 e. The number of hydrogen-bond donors (Lipinski definition) is 20. The molecule has 622 valence electrons. The summed E-state index contributed by atoms with van der Waals surface area (Å²) in [4.78, 5) is 215. The number of nitrogens with one attached hydrogen (secondary N) is 14. The van der Waals surface area contributed by atoms with Crippen LogP contribution in [0.25, 0.3) is 0 Å². The number of aromatic hydroxyl groups is 2. The van der Waals surface area contributed by atoms with Crippen LogP contribution in [0.2, 0.25) is 0 Å². The fourth-order valence-corrected chi connectivity index (χ4v) is 11.3. The van der Waals surface area contributed by atoms with Crippen molar-refractivity contribution in [2.45, 2.75) is 193 Å². The molecule has 0 fully saturated rings. The lowest BCUT2D eigenvalue weighted by Crippen LogP contribution is -2.61. The van der Waals surface area contributed by atoms with Crippen molar-refractivity contribution in [2.75, 3.05) is 26.2 Å². The first-order valence-corrected chi connectivity index (χ1v) is 37.4. The van der Waals surface area contributed by atoms with E-state index in [2.05, 4.69) is 74.4 Å². The topological polar surface area (TPSA) is 574 Å². The Morgan fingerprint density at radius 1 is 0.298 bits per heavy atom. The van der Waals surface area contributed by atoms with E-state index in [1.807, 2.05) is 0 Å². The number of carboxylic acid groups (broad SMARTS) is 2. The maximum Gasteiger partial charge on any atom is 0.303 e. The molecule has 4 rings (SSSR count). The molecule has 12 atom stereocenters. The lowest BCUT2D eigenvalue weighted by atomic mass is 9.99. The largest absolute Gasteiger partial charge is 0.508 e. The van der Waals surface area contributed by atoms with Crippen molar-refractivity contribution in [3.05, 3.63) is 131 Å². The zero-order chi connectivity index (χ0) is 85.1. The lowest BCUT2D eigenvalue weighted by Gasteiger charge is -2.29. The van der Waals surface area contributed by atoms with Gasteiger partial charge in [0.05, 0.1) is 25.2 Å².